The number of nitrogens with zero attached hydrogens (tertiary/aromatic N) is 1. The number of hydrogen-bond acceptors (Lipinski definition) is 1. The third-order valence-corrected chi connectivity index (χ3v) is 3.72. The molecule has 0 saturated carbocycles. The average molecular weight is 287 g/mol. The fraction of sp³-hybridized carbons (Fsp3) is 0.765. The number of alkyl halides is 2. The molecule has 0 aliphatic heterocycles. The van der Waals surface area contributed by atoms with E-state index in [0.29, 0.717) is 24.6 Å². The van der Waals surface area contributed by atoms with Crippen molar-refractivity contribution in [2.75, 3.05) is 13.6 Å². The third-order valence-electron chi connectivity index (χ3n) is 3.72. The van der Waals surface area contributed by atoms with Gasteiger partial charge in [0.2, 0.25) is 0 Å². The van der Waals surface area contributed by atoms with Gasteiger partial charge in [0.25, 0.3) is 5.92 Å². The van der Waals surface area contributed by atoms with Gasteiger partial charge in [0.05, 0.1) is 0 Å². The van der Waals surface area contributed by atoms with Crippen LogP contribution in [0.4, 0.5) is 8.78 Å². The Morgan fingerprint density at radius 3 is 2.30 bits per heavy atom. The van der Waals surface area contributed by atoms with Gasteiger partial charge >= 0.3 is 0 Å². The quantitative estimate of drug-likeness (QED) is 0.511. The first kappa shape index (κ1) is 19.3. The summed E-state index contributed by atoms with van der Waals surface area (Å²) in [5.74, 6) is -2.76. The number of allylic oxidation sites excluding steroid dienone is 3. The molecule has 0 saturated heterocycles. The molecule has 0 spiro atoms. The Bertz CT molecular complexity index is 326. The standard InChI is InChI=1S/C17H31F2N/c1-7-9-11-15(4)20(6)13-12-14(3)16(10-8-2)17(5,18)19/h10,12,15H,7-9,11,13H2,1-6H3/b14-12-,16-10+. The molecule has 0 aromatic rings. The van der Waals surface area contributed by atoms with Crippen LogP contribution in [-0.2, 0) is 0 Å². The average Bonchev–Trinajstić information content (AvgIpc) is 2.37. The largest absolute Gasteiger partial charge is 0.300 e. The number of likely N-dealkylation sites (N-methyl/N-ethyl adjacent to an activating group) is 1. The summed E-state index contributed by atoms with van der Waals surface area (Å²) in [5.41, 5.74) is 0.850. The van der Waals surface area contributed by atoms with E-state index in [9.17, 15) is 8.78 Å². The van der Waals surface area contributed by atoms with Crippen molar-refractivity contribution >= 4 is 0 Å². The van der Waals surface area contributed by atoms with Crippen LogP contribution in [0, 0.1) is 0 Å². The first-order valence-corrected chi connectivity index (χ1v) is 7.69. The first-order chi connectivity index (χ1) is 9.23. The van der Waals surface area contributed by atoms with Gasteiger partial charge in [0, 0.05) is 25.1 Å². The Balaban J connectivity index is 4.68. The maximum atomic E-state index is 13.6. The lowest BCUT2D eigenvalue weighted by atomic mass is 10.00. The van der Waals surface area contributed by atoms with E-state index >= 15 is 0 Å². The van der Waals surface area contributed by atoms with E-state index in [1.54, 1.807) is 13.0 Å². The fourth-order valence-corrected chi connectivity index (χ4v) is 2.18. The minimum absolute atomic E-state index is 0.162. The molecule has 118 valence electrons. The fourth-order valence-electron chi connectivity index (χ4n) is 2.18. The second kappa shape index (κ2) is 9.28. The normalized spacial score (nSPS) is 15.8. The number of halogens is 2. The Kier molecular flexibility index (Phi) is 8.95. The molecule has 0 aliphatic rings. The van der Waals surface area contributed by atoms with Crippen molar-refractivity contribution < 1.29 is 8.78 Å². The molecule has 0 bridgehead atoms. The van der Waals surface area contributed by atoms with Gasteiger partial charge in [0.1, 0.15) is 0 Å². The molecule has 1 nitrogen and oxygen atoms in total. The molecule has 0 radical (unpaired) electrons. The summed E-state index contributed by atoms with van der Waals surface area (Å²) in [4.78, 5) is 2.22. The van der Waals surface area contributed by atoms with Gasteiger partial charge in [-0.05, 0) is 39.3 Å². The molecule has 0 amide bonds. The lowest BCUT2D eigenvalue weighted by Crippen LogP contribution is -2.29. The van der Waals surface area contributed by atoms with Crippen LogP contribution in [0.15, 0.2) is 23.3 Å². The van der Waals surface area contributed by atoms with E-state index in [-0.39, 0.29) is 5.57 Å². The van der Waals surface area contributed by atoms with Crippen LogP contribution >= 0.6 is 0 Å². The summed E-state index contributed by atoms with van der Waals surface area (Å²) < 4.78 is 27.1. The van der Waals surface area contributed by atoms with Gasteiger partial charge in [-0.25, -0.2) is 8.78 Å². The van der Waals surface area contributed by atoms with Crippen LogP contribution in [0.2, 0.25) is 0 Å². The van der Waals surface area contributed by atoms with Crippen LogP contribution in [-0.4, -0.2) is 30.5 Å². The van der Waals surface area contributed by atoms with E-state index in [4.69, 9.17) is 0 Å². The third kappa shape index (κ3) is 7.18. The topological polar surface area (TPSA) is 3.24 Å². The molecule has 0 fully saturated rings. The van der Waals surface area contributed by atoms with Crippen LogP contribution in [0.3, 0.4) is 0 Å². The zero-order valence-electron chi connectivity index (χ0n) is 14.0. The Labute approximate surface area is 123 Å². The van der Waals surface area contributed by atoms with E-state index in [1.165, 1.54) is 12.8 Å². The lowest BCUT2D eigenvalue weighted by Gasteiger charge is -2.24. The Hall–Kier alpha value is -0.700. The lowest BCUT2D eigenvalue weighted by molar-refractivity contribution is 0.0655. The zero-order valence-corrected chi connectivity index (χ0v) is 14.0. The van der Waals surface area contributed by atoms with Crippen molar-refractivity contribution in [3.63, 3.8) is 0 Å². The Morgan fingerprint density at radius 2 is 1.85 bits per heavy atom. The molecule has 0 aromatic heterocycles. The first-order valence-electron chi connectivity index (χ1n) is 7.69. The van der Waals surface area contributed by atoms with Crippen LogP contribution in [0.25, 0.3) is 0 Å². The summed E-state index contributed by atoms with van der Waals surface area (Å²) in [6.07, 6.45) is 7.74. The summed E-state index contributed by atoms with van der Waals surface area (Å²) in [6, 6.07) is 0.486. The summed E-state index contributed by atoms with van der Waals surface area (Å²) >= 11 is 0. The van der Waals surface area contributed by atoms with Crippen LogP contribution in [0.1, 0.15) is 60.3 Å². The highest BCUT2D eigenvalue weighted by Crippen LogP contribution is 2.29. The minimum atomic E-state index is -2.76. The van der Waals surface area contributed by atoms with Crippen LogP contribution < -0.4 is 0 Å². The maximum Gasteiger partial charge on any atom is 0.270 e. The molecular weight excluding hydrogens is 256 g/mol. The number of unbranched alkanes of at least 4 members (excludes halogenated alkanes) is 1. The van der Waals surface area contributed by atoms with Crippen molar-refractivity contribution in [2.24, 2.45) is 0 Å². The number of rotatable bonds is 9. The SMILES string of the molecule is CC/C=C(\C(C)=C/CN(C)C(C)CCCC)C(C)(F)F. The van der Waals surface area contributed by atoms with Gasteiger partial charge in [0.15, 0.2) is 0 Å². The highest BCUT2D eigenvalue weighted by Gasteiger charge is 2.27. The van der Waals surface area contributed by atoms with Crippen molar-refractivity contribution in [1.82, 2.24) is 4.90 Å². The van der Waals surface area contributed by atoms with Crippen molar-refractivity contribution in [1.29, 1.82) is 0 Å². The van der Waals surface area contributed by atoms with E-state index < -0.39 is 5.92 Å². The summed E-state index contributed by atoms with van der Waals surface area (Å²) in [5, 5.41) is 0. The molecule has 20 heavy (non-hydrogen) atoms. The van der Waals surface area contributed by atoms with E-state index in [2.05, 4.69) is 25.8 Å². The molecular formula is C17H31F2N. The zero-order chi connectivity index (χ0) is 15.8. The van der Waals surface area contributed by atoms with Crippen LogP contribution in [0.5, 0.6) is 0 Å². The monoisotopic (exact) mass is 287 g/mol. The van der Waals surface area contributed by atoms with Gasteiger partial charge in [-0.2, -0.15) is 0 Å². The summed E-state index contributed by atoms with van der Waals surface area (Å²) in [7, 11) is 2.05. The van der Waals surface area contributed by atoms with Crippen molar-refractivity contribution in [2.45, 2.75) is 72.3 Å². The second-order valence-corrected chi connectivity index (χ2v) is 5.73. The predicted molar refractivity (Wildman–Crippen MR) is 84.4 cm³/mol. The molecule has 0 N–H and O–H groups in total. The number of hydrogen-bond donors (Lipinski definition) is 0. The van der Waals surface area contributed by atoms with Gasteiger partial charge in [-0.1, -0.05) is 38.8 Å². The Morgan fingerprint density at radius 1 is 1.25 bits per heavy atom. The molecule has 1 unspecified atom stereocenters. The smallest absolute Gasteiger partial charge is 0.270 e. The van der Waals surface area contributed by atoms with E-state index in [0.717, 1.165) is 13.3 Å². The second-order valence-electron chi connectivity index (χ2n) is 5.73. The minimum Gasteiger partial charge on any atom is -0.300 e. The van der Waals surface area contributed by atoms with Gasteiger partial charge in [-0.3, -0.25) is 0 Å². The molecule has 0 heterocycles. The molecule has 1 atom stereocenters. The van der Waals surface area contributed by atoms with E-state index in [1.807, 2.05) is 13.0 Å². The van der Waals surface area contributed by atoms with Crippen molar-refractivity contribution in [3.05, 3.63) is 23.3 Å². The molecule has 0 aromatic carbocycles. The molecule has 0 aliphatic carbocycles. The van der Waals surface area contributed by atoms with Crippen molar-refractivity contribution in [3.8, 4) is 0 Å². The van der Waals surface area contributed by atoms with Gasteiger partial charge < -0.3 is 4.90 Å². The predicted octanol–water partition coefficient (Wildman–Crippen LogP) is 5.43. The maximum absolute atomic E-state index is 13.6. The van der Waals surface area contributed by atoms with Gasteiger partial charge in [-0.15, -0.1) is 0 Å². The highest BCUT2D eigenvalue weighted by atomic mass is 19.3. The highest BCUT2D eigenvalue weighted by molar-refractivity contribution is 5.34. The molecule has 3 heteroatoms. The molecule has 0 rings (SSSR count). The summed E-state index contributed by atoms with van der Waals surface area (Å²) in [6.45, 7) is 9.73.